The van der Waals surface area contributed by atoms with Gasteiger partial charge in [-0.15, -0.1) is 0 Å². The van der Waals surface area contributed by atoms with Gasteiger partial charge in [-0.3, -0.25) is 4.79 Å². The van der Waals surface area contributed by atoms with E-state index in [2.05, 4.69) is 5.32 Å². The molecule has 1 atom stereocenters. The predicted molar refractivity (Wildman–Crippen MR) is 64.7 cm³/mol. The van der Waals surface area contributed by atoms with Crippen molar-refractivity contribution in [3.05, 3.63) is 34.9 Å². The van der Waals surface area contributed by atoms with Gasteiger partial charge in [0.2, 0.25) is 0 Å². The minimum absolute atomic E-state index is 0.161. The van der Waals surface area contributed by atoms with Gasteiger partial charge >= 0.3 is 0 Å². The lowest BCUT2D eigenvalue weighted by atomic mass is 10.2. The van der Waals surface area contributed by atoms with Gasteiger partial charge in [-0.25, -0.2) is 0 Å². The molecule has 0 saturated carbocycles. The molecule has 1 rings (SSSR count). The molecule has 0 aliphatic rings. The first-order valence-corrected chi connectivity index (χ1v) is 5.73. The van der Waals surface area contributed by atoms with Crippen LogP contribution >= 0.6 is 11.6 Å². The SMILES string of the molecule is CCC(O)CCNC(=O)c1cccc(Cl)c1. The molecule has 3 nitrogen and oxygen atoms in total. The zero-order valence-electron chi connectivity index (χ0n) is 9.24. The fourth-order valence-corrected chi connectivity index (χ4v) is 1.48. The predicted octanol–water partition coefficient (Wildman–Crippen LogP) is 2.23. The number of benzene rings is 1. The number of halogens is 1. The highest BCUT2D eigenvalue weighted by Gasteiger charge is 2.06. The molecular weight excluding hydrogens is 226 g/mol. The zero-order chi connectivity index (χ0) is 12.0. The van der Waals surface area contributed by atoms with E-state index in [0.717, 1.165) is 0 Å². The van der Waals surface area contributed by atoms with Gasteiger partial charge in [0.1, 0.15) is 0 Å². The number of carbonyl (C=O) groups is 1. The minimum Gasteiger partial charge on any atom is -0.393 e. The van der Waals surface area contributed by atoms with Crippen LogP contribution in [0.25, 0.3) is 0 Å². The highest BCUT2D eigenvalue weighted by molar-refractivity contribution is 6.30. The lowest BCUT2D eigenvalue weighted by Gasteiger charge is -2.08. The van der Waals surface area contributed by atoms with Gasteiger partial charge in [0.05, 0.1) is 6.10 Å². The molecule has 0 aliphatic carbocycles. The summed E-state index contributed by atoms with van der Waals surface area (Å²) in [7, 11) is 0. The van der Waals surface area contributed by atoms with Crippen LogP contribution in [0.5, 0.6) is 0 Å². The van der Waals surface area contributed by atoms with Crippen molar-refractivity contribution < 1.29 is 9.90 Å². The number of aliphatic hydroxyl groups excluding tert-OH is 1. The van der Waals surface area contributed by atoms with Crippen LogP contribution < -0.4 is 5.32 Å². The van der Waals surface area contributed by atoms with Crippen LogP contribution in [0.1, 0.15) is 30.1 Å². The number of amides is 1. The summed E-state index contributed by atoms with van der Waals surface area (Å²) >= 11 is 5.78. The standard InChI is InChI=1S/C12H16ClNO2/c1-2-11(15)6-7-14-12(16)9-4-3-5-10(13)8-9/h3-5,8,11,15H,2,6-7H2,1H3,(H,14,16). The third-order valence-corrected chi connectivity index (χ3v) is 2.56. The Morgan fingerprint density at radius 2 is 2.31 bits per heavy atom. The van der Waals surface area contributed by atoms with E-state index in [9.17, 15) is 9.90 Å². The van der Waals surface area contributed by atoms with Gasteiger partial charge in [0, 0.05) is 17.1 Å². The molecule has 1 unspecified atom stereocenters. The average molecular weight is 242 g/mol. The molecule has 1 aromatic carbocycles. The number of carbonyl (C=O) groups excluding carboxylic acids is 1. The van der Waals surface area contributed by atoms with E-state index >= 15 is 0 Å². The highest BCUT2D eigenvalue weighted by Crippen LogP contribution is 2.10. The highest BCUT2D eigenvalue weighted by atomic mass is 35.5. The first-order chi connectivity index (χ1) is 7.63. The molecule has 0 aliphatic heterocycles. The maximum absolute atomic E-state index is 11.6. The van der Waals surface area contributed by atoms with Crippen LogP contribution in [0.3, 0.4) is 0 Å². The Hall–Kier alpha value is -1.06. The van der Waals surface area contributed by atoms with Crippen LogP contribution in [0.15, 0.2) is 24.3 Å². The summed E-state index contributed by atoms with van der Waals surface area (Å²) in [6.45, 7) is 2.38. The minimum atomic E-state index is -0.348. The van der Waals surface area contributed by atoms with Crippen molar-refractivity contribution in [2.24, 2.45) is 0 Å². The van der Waals surface area contributed by atoms with E-state index in [1.54, 1.807) is 24.3 Å². The number of hydrogen-bond donors (Lipinski definition) is 2. The molecule has 0 fully saturated rings. The summed E-state index contributed by atoms with van der Waals surface area (Å²) < 4.78 is 0. The molecule has 16 heavy (non-hydrogen) atoms. The number of rotatable bonds is 5. The van der Waals surface area contributed by atoms with Crippen LogP contribution in [-0.4, -0.2) is 23.7 Å². The van der Waals surface area contributed by atoms with Crippen LogP contribution in [-0.2, 0) is 0 Å². The van der Waals surface area contributed by atoms with E-state index in [0.29, 0.717) is 30.0 Å². The summed E-state index contributed by atoms with van der Waals surface area (Å²) in [6.07, 6.45) is 0.926. The maximum Gasteiger partial charge on any atom is 0.251 e. The molecule has 88 valence electrons. The first kappa shape index (κ1) is 13.0. The van der Waals surface area contributed by atoms with Crippen LogP contribution in [0.2, 0.25) is 5.02 Å². The first-order valence-electron chi connectivity index (χ1n) is 5.35. The smallest absolute Gasteiger partial charge is 0.251 e. The summed E-state index contributed by atoms with van der Waals surface area (Å²) in [5.41, 5.74) is 0.540. The molecule has 0 spiro atoms. The van der Waals surface area contributed by atoms with Crippen LogP contribution in [0.4, 0.5) is 0 Å². The molecule has 0 aromatic heterocycles. The van der Waals surface area contributed by atoms with Crippen molar-refractivity contribution >= 4 is 17.5 Å². The number of hydrogen-bond acceptors (Lipinski definition) is 2. The van der Waals surface area contributed by atoms with E-state index < -0.39 is 0 Å². The zero-order valence-corrected chi connectivity index (χ0v) is 10.00. The fourth-order valence-electron chi connectivity index (χ4n) is 1.29. The topological polar surface area (TPSA) is 49.3 Å². The molecule has 0 heterocycles. The van der Waals surface area contributed by atoms with Crippen molar-refractivity contribution in [3.63, 3.8) is 0 Å². The van der Waals surface area contributed by atoms with Gasteiger partial charge in [-0.2, -0.15) is 0 Å². The van der Waals surface area contributed by atoms with E-state index in [1.807, 2.05) is 6.92 Å². The number of nitrogens with one attached hydrogen (secondary N) is 1. The Labute approximate surface area is 100 Å². The Morgan fingerprint density at radius 3 is 2.94 bits per heavy atom. The van der Waals surface area contributed by atoms with Crippen molar-refractivity contribution in [1.29, 1.82) is 0 Å². The van der Waals surface area contributed by atoms with Crippen molar-refractivity contribution in [2.45, 2.75) is 25.9 Å². The van der Waals surface area contributed by atoms with Crippen LogP contribution in [0, 0.1) is 0 Å². The molecular formula is C12H16ClNO2. The fraction of sp³-hybridized carbons (Fsp3) is 0.417. The molecule has 0 bridgehead atoms. The Balaban J connectivity index is 2.41. The van der Waals surface area contributed by atoms with Gasteiger partial charge in [-0.05, 0) is 31.0 Å². The van der Waals surface area contributed by atoms with E-state index in [4.69, 9.17) is 11.6 Å². The van der Waals surface area contributed by atoms with E-state index in [1.165, 1.54) is 0 Å². The molecule has 4 heteroatoms. The second-order valence-electron chi connectivity index (χ2n) is 3.62. The maximum atomic E-state index is 11.6. The lowest BCUT2D eigenvalue weighted by molar-refractivity contribution is 0.0942. The molecule has 2 N–H and O–H groups in total. The molecule has 1 amide bonds. The summed E-state index contributed by atoms with van der Waals surface area (Å²) in [4.78, 5) is 11.6. The van der Waals surface area contributed by atoms with E-state index in [-0.39, 0.29) is 12.0 Å². The lowest BCUT2D eigenvalue weighted by Crippen LogP contribution is -2.26. The van der Waals surface area contributed by atoms with Gasteiger partial charge in [0.25, 0.3) is 5.91 Å². The van der Waals surface area contributed by atoms with Crippen molar-refractivity contribution in [3.8, 4) is 0 Å². The second kappa shape index (κ2) is 6.51. The summed E-state index contributed by atoms with van der Waals surface area (Å²) in [5.74, 6) is -0.161. The summed E-state index contributed by atoms with van der Waals surface area (Å²) in [5, 5.41) is 12.6. The van der Waals surface area contributed by atoms with Crippen molar-refractivity contribution in [1.82, 2.24) is 5.32 Å². The normalized spacial score (nSPS) is 12.2. The van der Waals surface area contributed by atoms with Gasteiger partial charge in [-0.1, -0.05) is 24.6 Å². The molecule has 0 saturated heterocycles. The number of aliphatic hydroxyl groups is 1. The Kier molecular flexibility index (Phi) is 5.29. The largest absolute Gasteiger partial charge is 0.393 e. The quantitative estimate of drug-likeness (QED) is 0.831. The van der Waals surface area contributed by atoms with Gasteiger partial charge < -0.3 is 10.4 Å². The Morgan fingerprint density at radius 1 is 1.56 bits per heavy atom. The summed E-state index contributed by atoms with van der Waals surface area (Å²) in [6, 6.07) is 6.78. The molecule has 0 radical (unpaired) electrons. The average Bonchev–Trinajstić information content (AvgIpc) is 2.28. The monoisotopic (exact) mass is 241 g/mol. The Bertz CT molecular complexity index is 355. The second-order valence-corrected chi connectivity index (χ2v) is 4.05. The van der Waals surface area contributed by atoms with Crippen molar-refractivity contribution in [2.75, 3.05) is 6.54 Å². The van der Waals surface area contributed by atoms with Gasteiger partial charge in [0.15, 0.2) is 0 Å². The molecule has 1 aromatic rings. The third-order valence-electron chi connectivity index (χ3n) is 2.32. The third kappa shape index (κ3) is 4.21.